The third-order valence-electron chi connectivity index (χ3n) is 4.06. The smallest absolute Gasteiger partial charge is 0.0576 e. The van der Waals surface area contributed by atoms with Gasteiger partial charge in [0.25, 0.3) is 0 Å². The van der Waals surface area contributed by atoms with Crippen LogP contribution in [0.3, 0.4) is 0 Å². The highest BCUT2D eigenvalue weighted by molar-refractivity contribution is 7.85. The van der Waals surface area contributed by atoms with E-state index in [1.54, 1.807) is 0 Å². The lowest BCUT2D eigenvalue weighted by Gasteiger charge is -2.33. The summed E-state index contributed by atoms with van der Waals surface area (Å²) in [6, 6.07) is 8.11. The fourth-order valence-corrected chi connectivity index (χ4v) is 4.35. The lowest BCUT2D eigenvalue weighted by molar-refractivity contribution is 0.324. The van der Waals surface area contributed by atoms with E-state index in [0.29, 0.717) is 5.92 Å². The zero-order chi connectivity index (χ0) is 13.1. The molecule has 1 fully saturated rings. The van der Waals surface area contributed by atoms with Crippen LogP contribution in [0.2, 0.25) is 0 Å². The van der Waals surface area contributed by atoms with Gasteiger partial charge in [0.1, 0.15) is 0 Å². The van der Waals surface area contributed by atoms with Crippen molar-refractivity contribution in [2.75, 3.05) is 0 Å². The van der Waals surface area contributed by atoms with E-state index < -0.39 is 10.8 Å². The Morgan fingerprint density at radius 3 is 2.56 bits per heavy atom. The highest BCUT2D eigenvalue weighted by Crippen LogP contribution is 2.31. The van der Waals surface area contributed by atoms with Crippen molar-refractivity contribution in [3.63, 3.8) is 0 Å². The first-order valence-electron chi connectivity index (χ1n) is 6.84. The molecule has 2 nitrogen and oxygen atoms in total. The molecule has 4 unspecified atom stereocenters. The minimum atomic E-state index is -0.956. The van der Waals surface area contributed by atoms with E-state index in [0.717, 1.165) is 17.7 Å². The normalized spacial score (nSPS) is 30.1. The average molecular weight is 265 g/mol. The second kappa shape index (κ2) is 5.98. The lowest BCUT2D eigenvalue weighted by atomic mass is 9.84. The van der Waals surface area contributed by atoms with Gasteiger partial charge < -0.3 is 5.73 Å². The van der Waals surface area contributed by atoms with Crippen LogP contribution in [0.15, 0.2) is 29.2 Å². The zero-order valence-electron chi connectivity index (χ0n) is 11.3. The van der Waals surface area contributed by atoms with Crippen LogP contribution in [0.4, 0.5) is 0 Å². The van der Waals surface area contributed by atoms with E-state index in [1.165, 1.54) is 18.4 Å². The topological polar surface area (TPSA) is 43.1 Å². The van der Waals surface area contributed by atoms with E-state index >= 15 is 0 Å². The summed E-state index contributed by atoms with van der Waals surface area (Å²) >= 11 is 0. The molecule has 0 heterocycles. The summed E-state index contributed by atoms with van der Waals surface area (Å²) < 4.78 is 12.6. The highest BCUT2D eigenvalue weighted by atomic mass is 32.2. The summed E-state index contributed by atoms with van der Waals surface area (Å²) in [6.07, 6.45) is 4.40. The van der Waals surface area contributed by atoms with E-state index in [-0.39, 0.29) is 11.3 Å². The molecule has 100 valence electrons. The molecule has 0 radical (unpaired) electrons. The summed E-state index contributed by atoms with van der Waals surface area (Å²) in [5.41, 5.74) is 7.37. The molecule has 2 rings (SSSR count). The van der Waals surface area contributed by atoms with Crippen molar-refractivity contribution in [2.45, 2.75) is 55.7 Å². The number of aryl methyl sites for hydroxylation is 1. The van der Waals surface area contributed by atoms with Gasteiger partial charge in [-0.3, -0.25) is 4.21 Å². The minimum Gasteiger partial charge on any atom is -0.327 e. The van der Waals surface area contributed by atoms with Crippen LogP contribution in [0, 0.1) is 12.8 Å². The van der Waals surface area contributed by atoms with E-state index in [4.69, 9.17) is 5.73 Å². The molecule has 1 aromatic carbocycles. The maximum Gasteiger partial charge on any atom is 0.0576 e. The van der Waals surface area contributed by atoms with Crippen LogP contribution >= 0.6 is 0 Å². The van der Waals surface area contributed by atoms with E-state index in [1.807, 2.05) is 31.2 Å². The Labute approximate surface area is 112 Å². The van der Waals surface area contributed by atoms with Gasteiger partial charge >= 0.3 is 0 Å². The van der Waals surface area contributed by atoms with Crippen LogP contribution in [0.5, 0.6) is 0 Å². The summed E-state index contributed by atoms with van der Waals surface area (Å²) in [5.74, 6) is 0.698. The first kappa shape index (κ1) is 13.8. The summed E-state index contributed by atoms with van der Waals surface area (Å²) in [6.45, 7) is 4.26. The monoisotopic (exact) mass is 265 g/mol. The molecule has 0 saturated heterocycles. The average Bonchev–Trinajstić information content (AvgIpc) is 2.39. The largest absolute Gasteiger partial charge is 0.327 e. The second-order valence-corrected chi connectivity index (χ2v) is 7.07. The van der Waals surface area contributed by atoms with Crippen LogP contribution in [-0.4, -0.2) is 15.5 Å². The van der Waals surface area contributed by atoms with Gasteiger partial charge in [0, 0.05) is 10.9 Å². The standard InChI is InChI=1S/C15H23NOS/c1-3-12-6-9-14(16)15(10-12)18(17)13-7-4-11(2)5-8-13/h4-5,7-8,12,14-15H,3,6,9-10,16H2,1-2H3. The van der Waals surface area contributed by atoms with Crippen molar-refractivity contribution in [1.82, 2.24) is 0 Å². The Hall–Kier alpha value is -0.670. The van der Waals surface area contributed by atoms with Crippen molar-refractivity contribution in [1.29, 1.82) is 0 Å². The van der Waals surface area contributed by atoms with Crippen LogP contribution < -0.4 is 5.73 Å². The molecule has 2 N–H and O–H groups in total. The van der Waals surface area contributed by atoms with Gasteiger partial charge in [0.15, 0.2) is 0 Å². The van der Waals surface area contributed by atoms with Crippen LogP contribution in [-0.2, 0) is 10.8 Å². The molecule has 0 aromatic heterocycles. The second-order valence-electron chi connectivity index (χ2n) is 5.40. The molecule has 1 aromatic rings. The van der Waals surface area contributed by atoms with Crippen LogP contribution in [0.25, 0.3) is 0 Å². The first-order chi connectivity index (χ1) is 8.61. The van der Waals surface area contributed by atoms with Crippen molar-refractivity contribution >= 4 is 10.8 Å². The molecule has 0 spiro atoms. The van der Waals surface area contributed by atoms with Crippen molar-refractivity contribution in [3.8, 4) is 0 Å². The van der Waals surface area contributed by atoms with Crippen molar-refractivity contribution in [3.05, 3.63) is 29.8 Å². The molecule has 3 heteroatoms. The number of benzene rings is 1. The third-order valence-corrected chi connectivity index (χ3v) is 5.89. The summed E-state index contributed by atoms with van der Waals surface area (Å²) in [4.78, 5) is 0.929. The van der Waals surface area contributed by atoms with Gasteiger partial charge in [-0.1, -0.05) is 31.0 Å². The van der Waals surface area contributed by atoms with Crippen molar-refractivity contribution < 1.29 is 4.21 Å². The first-order valence-corrected chi connectivity index (χ1v) is 8.06. The van der Waals surface area contributed by atoms with Gasteiger partial charge in [0.2, 0.25) is 0 Å². The Kier molecular flexibility index (Phi) is 4.57. The maximum atomic E-state index is 12.6. The molecule has 0 aliphatic heterocycles. The summed E-state index contributed by atoms with van der Waals surface area (Å²) in [5, 5.41) is 0.131. The molecule has 18 heavy (non-hydrogen) atoms. The predicted octanol–water partition coefficient (Wildman–Crippen LogP) is 3.01. The Morgan fingerprint density at radius 2 is 1.94 bits per heavy atom. The van der Waals surface area contributed by atoms with Gasteiger partial charge in [-0.05, 0) is 44.2 Å². The predicted molar refractivity (Wildman–Crippen MR) is 77.0 cm³/mol. The number of rotatable bonds is 3. The molecular formula is C15H23NOS. The molecule has 0 amide bonds. The lowest BCUT2D eigenvalue weighted by Crippen LogP contribution is -2.42. The quantitative estimate of drug-likeness (QED) is 0.913. The third kappa shape index (κ3) is 3.01. The number of nitrogens with two attached hydrogens (primary N) is 1. The Balaban J connectivity index is 2.13. The SMILES string of the molecule is CCC1CCC(N)C(S(=O)c2ccc(C)cc2)C1. The molecule has 1 saturated carbocycles. The zero-order valence-corrected chi connectivity index (χ0v) is 12.1. The van der Waals surface area contributed by atoms with Crippen LogP contribution in [0.1, 0.15) is 38.2 Å². The molecule has 0 bridgehead atoms. The van der Waals surface area contributed by atoms with Gasteiger partial charge in [0.05, 0.1) is 16.0 Å². The molecule has 1 aliphatic carbocycles. The number of hydrogen-bond acceptors (Lipinski definition) is 2. The summed E-state index contributed by atoms with van der Waals surface area (Å²) in [7, 11) is -0.956. The fourth-order valence-electron chi connectivity index (χ4n) is 2.70. The maximum absolute atomic E-state index is 12.6. The molecule has 1 aliphatic rings. The highest BCUT2D eigenvalue weighted by Gasteiger charge is 2.32. The van der Waals surface area contributed by atoms with Crippen molar-refractivity contribution in [2.24, 2.45) is 11.7 Å². The minimum absolute atomic E-state index is 0.0925. The van der Waals surface area contributed by atoms with Gasteiger partial charge in [-0.2, -0.15) is 0 Å². The van der Waals surface area contributed by atoms with E-state index in [2.05, 4.69) is 6.92 Å². The van der Waals surface area contributed by atoms with Gasteiger partial charge in [-0.15, -0.1) is 0 Å². The Bertz CT molecular complexity index is 415. The van der Waals surface area contributed by atoms with Gasteiger partial charge in [-0.25, -0.2) is 0 Å². The number of hydrogen-bond donors (Lipinski definition) is 1. The molecular weight excluding hydrogens is 242 g/mol. The Morgan fingerprint density at radius 1 is 1.28 bits per heavy atom. The fraction of sp³-hybridized carbons (Fsp3) is 0.600. The van der Waals surface area contributed by atoms with E-state index in [9.17, 15) is 4.21 Å². The molecule has 4 atom stereocenters.